The summed E-state index contributed by atoms with van der Waals surface area (Å²) in [6.07, 6.45) is 10.4. The number of hydrogen-bond donors (Lipinski definition) is 8. The number of fused-ring (bicyclic) bond motifs is 3. The first-order valence-electron chi connectivity index (χ1n) is 22.2. The lowest BCUT2D eigenvalue weighted by atomic mass is 9.93. The fourth-order valence-corrected chi connectivity index (χ4v) is 8.06. The lowest BCUT2D eigenvalue weighted by Gasteiger charge is -2.22. The highest BCUT2D eigenvalue weighted by Gasteiger charge is 2.32. The van der Waals surface area contributed by atoms with Crippen molar-refractivity contribution in [2.75, 3.05) is 35.5 Å². The Morgan fingerprint density at radius 2 is 0.890 bits per heavy atom. The van der Waals surface area contributed by atoms with Crippen LogP contribution >= 0.6 is 11.6 Å². The normalized spacial score (nSPS) is 11.3. The van der Waals surface area contributed by atoms with Gasteiger partial charge in [-0.05, 0) is 37.8 Å². The molecular formula is C48H51ClN10O14. The van der Waals surface area contributed by atoms with Gasteiger partial charge in [0.2, 0.25) is 0 Å². The zero-order valence-electron chi connectivity index (χ0n) is 40.9. The van der Waals surface area contributed by atoms with E-state index in [4.69, 9.17) is 30.9 Å². The van der Waals surface area contributed by atoms with Crippen molar-refractivity contribution in [1.82, 2.24) is 50.3 Å². The van der Waals surface area contributed by atoms with E-state index in [1.807, 2.05) is 27.7 Å². The molecule has 0 bridgehead atoms. The van der Waals surface area contributed by atoms with Crippen LogP contribution in [0.15, 0.2) is 49.3 Å². The maximum atomic E-state index is 12.4. The van der Waals surface area contributed by atoms with Crippen molar-refractivity contribution in [2.45, 2.75) is 64.6 Å². The molecule has 0 spiro atoms. The molecule has 73 heavy (non-hydrogen) atoms. The molecule has 0 atom stereocenters. The Morgan fingerprint density at radius 1 is 0.548 bits per heavy atom. The molecule has 0 saturated heterocycles. The largest absolute Gasteiger partial charge is 0.494 e. The number of aliphatic hydroxyl groups is 2. The smallest absolute Gasteiger partial charge is 0.379 e. The quantitative estimate of drug-likeness (QED) is 0.0220. The molecule has 0 amide bonds. The Balaban J connectivity index is 0.000000183. The number of rotatable bonds is 17. The van der Waals surface area contributed by atoms with Crippen LogP contribution in [0, 0.1) is 0 Å². The van der Waals surface area contributed by atoms with Crippen LogP contribution in [0.5, 0.6) is 17.2 Å². The number of ether oxygens (including phenoxy) is 5. The van der Waals surface area contributed by atoms with E-state index in [2.05, 4.69) is 59.8 Å². The summed E-state index contributed by atoms with van der Waals surface area (Å²) < 4.78 is 24.6. The van der Waals surface area contributed by atoms with Gasteiger partial charge in [0.15, 0.2) is 5.15 Å². The Bertz CT molecular complexity index is 3380. The van der Waals surface area contributed by atoms with Crippen LogP contribution in [0.3, 0.4) is 0 Å². The molecule has 24 nitrogen and oxygen atoms in total. The number of carbonyl (C=O) groups excluding carboxylic acids is 5. The average molecular weight is 1030 g/mol. The van der Waals surface area contributed by atoms with Gasteiger partial charge in [-0.3, -0.25) is 24.6 Å². The van der Waals surface area contributed by atoms with Gasteiger partial charge in [-0.2, -0.15) is 10.2 Å². The molecule has 0 aliphatic heterocycles. The Kier molecular flexibility index (Phi) is 16.5. The van der Waals surface area contributed by atoms with Gasteiger partial charge in [-0.1, -0.05) is 39.3 Å². The van der Waals surface area contributed by atoms with Crippen LogP contribution in [0.4, 0.5) is 0 Å². The number of nitrogens with one attached hydrogen (secondary N) is 5. The molecule has 8 heterocycles. The minimum Gasteiger partial charge on any atom is -0.494 e. The molecule has 25 heteroatoms. The van der Waals surface area contributed by atoms with Gasteiger partial charge in [-0.25, -0.2) is 29.3 Å². The van der Waals surface area contributed by atoms with Gasteiger partial charge >= 0.3 is 17.9 Å². The van der Waals surface area contributed by atoms with E-state index in [9.17, 15) is 39.0 Å². The number of H-pyrrole nitrogens is 5. The lowest BCUT2D eigenvalue weighted by Crippen LogP contribution is -2.23. The third-order valence-corrected chi connectivity index (χ3v) is 12.6. The van der Waals surface area contributed by atoms with Crippen molar-refractivity contribution >= 4 is 79.6 Å². The number of hydrogen-bond acceptors (Lipinski definition) is 18. The summed E-state index contributed by atoms with van der Waals surface area (Å²) in [6, 6.07) is 3.42. The number of aromatic nitrogens is 10. The molecule has 0 aliphatic carbocycles. The van der Waals surface area contributed by atoms with Crippen molar-refractivity contribution in [3.8, 4) is 40.0 Å². The SMILES string of the molecule is CCC(O)(CC)c1cc(-c2ncc(OC)c3c(C(=O)C(=O)O)c[nH]c23)n[nH]1.CCC(O)(CC)c1cc(-c2ncc(OC)c3c(C(=O)C(=O)OC)c[nH]c23)n[nH]1.COC(=O)C(=O)c1c[nH]c2c(Cl)ncc(OC)c12. The number of carbonyl (C=O) groups is 6. The summed E-state index contributed by atoms with van der Waals surface area (Å²) in [5.41, 5.74) is 2.48. The number of aliphatic carboxylic acids is 1. The molecule has 0 aromatic carbocycles. The predicted octanol–water partition coefficient (Wildman–Crippen LogP) is 6.14. The first-order chi connectivity index (χ1) is 34.8. The Labute approximate surface area is 419 Å². The van der Waals surface area contributed by atoms with E-state index in [0.29, 0.717) is 104 Å². The van der Waals surface area contributed by atoms with E-state index < -0.39 is 46.5 Å². The van der Waals surface area contributed by atoms with Crippen LogP contribution in [-0.4, -0.2) is 136 Å². The summed E-state index contributed by atoms with van der Waals surface area (Å²) >= 11 is 5.89. The second kappa shape index (κ2) is 22.3. The summed E-state index contributed by atoms with van der Waals surface area (Å²) in [5.74, 6) is -5.15. The van der Waals surface area contributed by atoms with E-state index in [1.54, 1.807) is 12.1 Å². The number of ketones is 3. The first kappa shape index (κ1) is 53.9. The minimum atomic E-state index is -1.56. The predicted molar refractivity (Wildman–Crippen MR) is 262 cm³/mol. The third kappa shape index (κ3) is 10.2. The number of halogens is 1. The minimum absolute atomic E-state index is 0.0209. The molecule has 8 N–H and O–H groups in total. The molecule has 8 aromatic heterocycles. The summed E-state index contributed by atoms with van der Waals surface area (Å²) in [4.78, 5) is 91.5. The lowest BCUT2D eigenvalue weighted by molar-refractivity contribution is -0.135. The highest BCUT2D eigenvalue weighted by atomic mass is 35.5. The average Bonchev–Trinajstić information content (AvgIpc) is 4.29. The van der Waals surface area contributed by atoms with Gasteiger partial charge in [0.05, 0.1) is 115 Å². The number of nitrogens with zero attached hydrogens (tertiary/aromatic N) is 5. The number of esters is 2. The highest BCUT2D eigenvalue weighted by Crippen LogP contribution is 2.38. The second-order valence-corrected chi connectivity index (χ2v) is 16.3. The molecular weight excluding hydrogens is 976 g/mol. The molecule has 384 valence electrons. The number of aromatic amines is 5. The van der Waals surface area contributed by atoms with Crippen molar-refractivity contribution in [1.29, 1.82) is 0 Å². The van der Waals surface area contributed by atoms with Gasteiger partial charge in [0.25, 0.3) is 17.3 Å². The molecule has 0 unspecified atom stereocenters. The van der Waals surface area contributed by atoms with Gasteiger partial charge in [0.1, 0.15) is 51.2 Å². The van der Waals surface area contributed by atoms with Crippen molar-refractivity contribution in [3.63, 3.8) is 0 Å². The molecule has 0 aliphatic rings. The Morgan fingerprint density at radius 3 is 1.23 bits per heavy atom. The van der Waals surface area contributed by atoms with Crippen molar-refractivity contribution in [2.24, 2.45) is 0 Å². The van der Waals surface area contributed by atoms with E-state index in [-0.39, 0.29) is 27.6 Å². The Hall–Kier alpha value is -8.48. The molecule has 8 aromatic rings. The third-order valence-electron chi connectivity index (χ3n) is 12.3. The van der Waals surface area contributed by atoms with Gasteiger partial charge < -0.3 is 54.0 Å². The van der Waals surface area contributed by atoms with Crippen molar-refractivity contribution < 1.29 is 67.8 Å². The molecule has 0 saturated carbocycles. The van der Waals surface area contributed by atoms with Crippen LogP contribution in [0.25, 0.3) is 55.5 Å². The summed E-state index contributed by atoms with van der Waals surface area (Å²) in [7, 11) is 6.58. The van der Waals surface area contributed by atoms with Crippen LogP contribution < -0.4 is 14.2 Å². The number of carboxylic acid groups (broad SMARTS) is 1. The molecule has 0 radical (unpaired) electrons. The second-order valence-electron chi connectivity index (χ2n) is 15.9. The maximum absolute atomic E-state index is 12.4. The number of pyridine rings is 3. The zero-order valence-corrected chi connectivity index (χ0v) is 41.6. The van der Waals surface area contributed by atoms with Crippen LogP contribution in [0.2, 0.25) is 5.15 Å². The number of carboxylic acids is 1. The van der Waals surface area contributed by atoms with E-state index >= 15 is 0 Å². The molecule has 0 fully saturated rings. The van der Waals surface area contributed by atoms with Crippen LogP contribution in [0.1, 0.15) is 95.8 Å². The summed E-state index contributed by atoms with van der Waals surface area (Å²) in [6.45, 7) is 7.54. The number of methoxy groups -OCH3 is 5. The van der Waals surface area contributed by atoms with Crippen molar-refractivity contribution in [3.05, 3.63) is 82.5 Å². The van der Waals surface area contributed by atoms with E-state index in [0.717, 1.165) is 14.2 Å². The van der Waals surface area contributed by atoms with Gasteiger partial charge in [-0.15, -0.1) is 0 Å². The first-order valence-corrected chi connectivity index (χ1v) is 22.6. The monoisotopic (exact) mass is 1030 g/mol. The fraction of sp³-hybridized carbons (Fsp3) is 0.312. The standard InChI is InChI=1S/C19H22N4O5.C18H20N4O5.C11H9ClN2O4/c1-5-19(26,6-2)13-7-11(22-23-13)15-16-14(12(27-3)9-21-15)10(8-20-16)17(24)18(25)28-4;1-4-18(26,5-2)12-6-10(21-22-12)14-15-13(11(27-3)8-20-14)9(7-19-15)16(23)17(24)25;1-17-6-4-14-10(12)8-7(6)5(3-13-8)9(15)11(16)18-2/h7-9,20,26H,5-6H2,1-4H3,(H,22,23);6-8,19,26H,4-5H2,1-3H3,(H,21,22)(H,24,25);3-4,13H,1-2H3. The summed E-state index contributed by atoms with van der Waals surface area (Å²) in [5, 5.41) is 46.0. The maximum Gasteiger partial charge on any atom is 0.379 e. The zero-order chi connectivity index (χ0) is 53.5. The topological polar surface area (TPSA) is 353 Å². The van der Waals surface area contributed by atoms with Crippen LogP contribution in [-0.2, 0) is 35.1 Å². The fourth-order valence-electron chi connectivity index (χ4n) is 7.86. The highest BCUT2D eigenvalue weighted by molar-refractivity contribution is 6.45. The molecule has 8 rings (SSSR count). The number of Topliss-reactive ketones (excluding diaryl/α,β-unsaturated/α-hetero) is 3. The van der Waals surface area contributed by atoms with Gasteiger partial charge in [0, 0.05) is 18.6 Å². The van der Waals surface area contributed by atoms with E-state index in [1.165, 1.54) is 58.5 Å².